The minimum Gasteiger partial charge on any atom is -0.329 e. The molecule has 4 nitrogen and oxygen atoms in total. The maximum atomic E-state index is 13.4. The summed E-state index contributed by atoms with van der Waals surface area (Å²) in [5, 5.41) is 4.17. The highest BCUT2D eigenvalue weighted by Crippen LogP contribution is 2.34. The molecule has 1 atom stereocenters. The van der Waals surface area contributed by atoms with Crippen molar-refractivity contribution < 1.29 is 4.39 Å². The van der Waals surface area contributed by atoms with Crippen LogP contribution in [0.3, 0.4) is 0 Å². The van der Waals surface area contributed by atoms with Crippen molar-refractivity contribution in [1.82, 2.24) is 14.7 Å². The molecule has 3 rings (SSSR count). The first kappa shape index (κ1) is 12.3. The molecule has 5 heteroatoms. The van der Waals surface area contributed by atoms with Crippen LogP contribution in [0.1, 0.15) is 22.7 Å². The number of rotatable bonds is 3. The molecule has 0 bridgehead atoms. The number of hydrogen-bond acceptors (Lipinski definition) is 3. The van der Waals surface area contributed by atoms with E-state index in [2.05, 4.69) is 10.00 Å². The average molecular weight is 260 g/mol. The van der Waals surface area contributed by atoms with Gasteiger partial charge in [-0.2, -0.15) is 5.10 Å². The van der Waals surface area contributed by atoms with E-state index >= 15 is 0 Å². The lowest BCUT2D eigenvalue weighted by atomic mass is 10.0. The van der Waals surface area contributed by atoms with Crippen LogP contribution in [0.5, 0.6) is 0 Å². The third-order valence-electron chi connectivity index (χ3n) is 3.65. The van der Waals surface area contributed by atoms with Crippen molar-refractivity contribution in [2.24, 2.45) is 12.8 Å². The summed E-state index contributed by atoms with van der Waals surface area (Å²) in [6.45, 7) is 2.09. The lowest BCUT2D eigenvalue weighted by Gasteiger charge is -2.23. The maximum Gasteiger partial charge on any atom is 0.123 e. The molecule has 0 amide bonds. The Balaban J connectivity index is 1.85. The number of aromatic nitrogens is 2. The zero-order valence-corrected chi connectivity index (χ0v) is 10.9. The van der Waals surface area contributed by atoms with E-state index < -0.39 is 0 Å². The van der Waals surface area contributed by atoms with E-state index in [1.54, 1.807) is 10.7 Å². The predicted octanol–water partition coefficient (Wildman–Crippen LogP) is 1.57. The van der Waals surface area contributed by atoms with E-state index in [0.29, 0.717) is 6.54 Å². The monoisotopic (exact) mass is 260 g/mol. The summed E-state index contributed by atoms with van der Waals surface area (Å²) >= 11 is 0. The van der Waals surface area contributed by atoms with Gasteiger partial charge in [-0.25, -0.2) is 4.39 Å². The van der Waals surface area contributed by atoms with Gasteiger partial charge in [-0.05, 0) is 23.3 Å². The Morgan fingerprint density at radius 2 is 2.32 bits per heavy atom. The Labute approximate surface area is 111 Å². The molecule has 1 aromatic heterocycles. The van der Waals surface area contributed by atoms with Crippen LogP contribution in [0, 0.1) is 5.82 Å². The van der Waals surface area contributed by atoms with Crippen molar-refractivity contribution in [3.63, 3.8) is 0 Å². The molecular formula is C14H17FN4. The molecule has 1 aromatic carbocycles. The first-order valence-electron chi connectivity index (χ1n) is 6.37. The van der Waals surface area contributed by atoms with Crippen LogP contribution in [0.4, 0.5) is 4.39 Å². The van der Waals surface area contributed by atoms with Gasteiger partial charge in [0.05, 0.1) is 6.20 Å². The Morgan fingerprint density at radius 3 is 3.00 bits per heavy atom. The van der Waals surface area contributed by atoms with Gasteiger partial charge in [0.15, 0.2) is 0 Å². The first-order chi connectivity index (χ1) is 9.17. The Bertz CT molecular complexity index is 593. The highest BCUT2D eigenvalue weighted by molar-refractivity contribution is 5.35. The van der Waals surface area contributed by atoms with Crippen LogP contribution in [0.15, 0.2) is 30.6 Å². The van der Waals surface area contributed by atoms with Crippen molar-refractivity contribution >= 4 is 0 Å². The third kappa shape index (κ3) is 2.27. The third-order valence-corrected chi connectivity index (χ3v) is 3.65. The number of hydrogen-bond donors (Lipinski definition) is 1. The van der Waals surface area contributed by atoms with E-state index in [9.17, 15) is 4.39 Å². The van der Waals surface area contributed by atoms with Crippen LogP contribution in [0.25, 0.3) is 0 Å². The van der Waals surface area contributed by atoms with Crippen LogP contribution in [0.2, 0.25) is 0 Å². The maximum absolute atomic E-state index is 13.4. The van der Waals surface area contributed by atoms with E-state index in [4.69, 9.17) is 5.73 Å². The lowest BCUT2D eigenvalue weighted by molar-refractivity contribution is 0.211. The van der Waals surface area contributed by atoms with Crippen LogP contribution in [-0.4, -0.2) is 21.2 Å². The molecule has 2 N–H and O–H groups in total. The molecule has 2 heterocycles. The fourth-order valence-electron chi connectivity index (χ4n) is 2.78. The standard InChI is InChI=1S/C14H17FN4/c1-18-7-10(6-17-18)8-19-9-11-2-3-12(15)4-13(11)14(19)5-16/h2-4,6-7,14H,5,8-9,16H2,1H3. The number of nitrogens with two attached hydrogens (primary N) is 1. The zero-order chi connectivity index (χ0) is 13.4. The minimum atomic E-state index is -0.194. The molecule has 0 saturated carbocycles. The van der Waals surface area contributed by atoms with E-state index in [0.717, 1.165) is 24.2 Å². The number of aryl methyl sites for hydroxylation is 1. The molecule has 100 valence electrons. The van der Waals surface area contributed by atoms with Crippen molar-refractivity contribution in [2.45, 2.75) is 19.1 Å². The van der Waals surface area contributed by atoms with Gasteiger partial charge in [0.25, 0.3) is 0 Å². The highest BCUT2D eigenvalue weighted by Gasteiger charge is 2.29. The number of fused-ring (bicyclic) bond motifs is 1. The molecule has 0 radical (unpaired) electrons. The van der Waals surface area contributed by atoms with Gasteiger partial charge in [0.1, 0.15) is 5.82 Å². The van der Waals surface area contributed by atoms with Crippen LogP contribution < -0.4 is 5.73 Å². The van der Waals surface area contributed by atoms with Crippen LogP contribution >= 0.6 is 0 Å². The Hall–Kier alpha value is -1.72. The fraction of sp³-hybridized carbons (Fsp3) is 0.357. The molecule has 0 saturated heterocycles. The molecule has 19 heavy (non-hydrogen) atoms. The molecule has 1 aliphatic rings. The highest BCUT2D eigenvalue weighted by atomic mass is 19.1. The average Bonchev–Trinajstić information content (AvgIpc) is 2.93. The largest absolute Gasteiger partial charge is 0.329 e. The van der Waals surface area contributed by atoms with Gasteiger partial charge in [-0.1, -0.05) is 6.07 Å². The van der Waals surface area contributed by atoms with Gasteiger partial charge >= 0.3 is 0 Å². The fourth-order valence-corrected chi connectivity index (χ4v) is 2.78. The summed E-state index contributed by atoms with van der Waals surface area (Å²) in [5.74, 6) is -0.194. The minimum absolute atomic E-state index is 0.0888. The van der Waals surface area contributed by atoms with Gasteiger partial charge in [0, 0.05) is 44.5 Å². The Morgan fingerprint density at radius 1 is 1.47 bits per heavy atom. The summed E-state index contributed by atoms with van der Waals surface area (Å²) in [6.07, 6.45) is 3.86. The second kappa shape index (κ2) is 4.75. The van der Waals surface area contributed by atoms with Crippen molar-refractivity contribution in [2.75, 3.05) is 6.54 Å². The molecule has 1 aliphatic heterocycles. The first-order valence-corrected chi connectivity index (χ1v) is 6.37. The molecule has 0 fully saturated rings. The van der Waals surface area contributed by atoms with Crippen molar-refractivity contribution in [3.05, 3.63) is 53.1 Å². The predicted molar refractivity (Wildman–Crippen MR) is 70.7 cm³/mol. The normalized spacial score (nSPS) is 18.8. The quantitative estimate of drug-likeness (QED) is 0.911. The summed E-state index contributed by atoms with van der Waals surface area (Å²) < 4.78 is 15.1. The summed E-state index contributed by atoms with van der Waals surface area (Å²) in [4.78, 5) is 2.26. The summed E-state index contributed by atoms with van der Waals surface area (Å²) in [6, 6.07) is 5.07. The summed E-state index contributed by atoms with van der Waals surface area (Å²) in [7, 11) is 1.90. The van der Waals surface area contributed by atoms with E-state index in [1.165, 1.54) is 11.6 Å². The van der Waals surface area contributed by atoms with E-state index in [-0.39, 0.29) is 11.9 Å². The van der Waals surface area contributed by atoms with Crippen molar-refractivity contribution in [1.29, 1.82) is 0 Å². The van der Waals surface area contributed by atoms with E-state index in [1.807, 2.05) is 25.5 Å². The molecule has 0 aliphatic carbocycles. The zero-order valence-electron chi connectivity index (χ0n) is 10.9. The molecule has 0 spiro atoms. The van der Waals surface area contributed by atoms with Gasteiger partial charge in [-0.3, -0.25) is 9.58 Å². The van der Waals surface area contributed by atoms with Crippen molar-refractivity contribution in [3.8, 4) is 0 Å². The molecule has 2 aromatic rings. The molecular weight excluding hydrogens is 243 g/mol. The second-order valence-corrected chi connectivity index (χ2v) is 5.02. The SMILES string of the molecule is Cn1cc(CN2Cc3ccc(F)cc3C2CN)cn1. The smallest absolute Gasteiger partial charge is 0.123 e. The number of halogens is 1. The van der Waals surface area contributed by atoms with Gasteiger partial charge in [0.2, 0.25) is 0 Å². The lowest BCUT2D eigenvalue weighted by Crippen LogP contribution is -2.27. The topological polar surface area (TPSA) is 47.1 Å². The second-order valence-electron chi connectivity index (χ2n) is 5.02. The number of benzene rings is 1. The number of nitrogens with zero attached hydrogens (tertiary/aromatic N) is 3. The Kier molecular flexibility index (Phi) is 3.08. The molecule has 1 unspecified atom stereocenters. The summed E-state index contributed by atoms with van der Waals surface area (Å²) in [5.41, 5.74) is 9.20. The van der Waals surface area contributed by atoms with Gasteiger partial charge < -0.3 is 5.73 Å². The van der Waals surface area contributed by atoms with Gasteiger partial charge in [-0.15, -0.1) is 0 Å². The van der Waals surface area contributed by atoms with Crippen LogP contribution in [-0.2, 0) is 20.1 Å².